The molecular weight excluding hydrogens is 356 g/mol. The van der Waals surface area contributed by atoms with E-state index in [9.17, 15) is 0 Å². The molecule has 6 nitrogen and oxygen atoms in total. The molecule has 25 heavy (non-hydrogen) atoms. The molecule has 1 fully saturated rings. The van der Waals surface area contributed by atoms with E-state index in [1.165, 1.54) is 0 Å². The Bertz CT molecular complexity index is 721. The third kappa shape index (κ3) is 5.24. The zero-order valence-electron chi connectivity index (χ0n) is 14.7. The molecule has 0 saturated carbocycles. The molecule has 0 aliphatic carbocycles. The summed E-state index contributed by atoms with van der Waals surface area (Å²) in [5.74, 6) is 1.73. The molecule has 0 bridgehead atoms. The highest BCUT2D eigenvalue weighted by Gasteiger charge is 2.17. The molecule has 0 atom stereocenters. The van der Waals surface area contributed by atoms with Crippen molar-refractivity contribution < 1.29 is 9.47 Å². The molecule has 0 unspecified atom stereocenters. The second-order valence-electron chi connectivity index (χ2n) is 6.01. The predicted molar refractivity (Wildman–Crippen MR) is 102 cm³/mol. The Morgan fingerprint density at radius 3 is 2.32 bits per heavy atom. The van der Waals surface area contributed by atoms with Crippen LogP contribution in [-0.4, -0.2) is 66.0 Å². The number of piperazine rings is 1. The van der Waals surface area contributed by atoms with Gasteiger partial charge in [-0.15, -0.1) is 0 Å². The van der Waals surface area contributed by atoms with E-state index in [2.05, 4.69) is 14.9 Å². The number of ether oxygens (including phenoxy) is 2. The van der Waals surface area contributed by atoms with Gasteiger partial charge in [-0.05, 0) is 43.4 Å². The monoisotopic (exact) mass is 380 g/mol. The molecule has 8 heteroatoms. The van der Waals surface area contributed by atoms with Gasteiger partial charge in [0.25, 0.3) is 0 Å². The minimum atomic E-state index is 0.697. The van der Waals surface area contributed by atoms with Gasteiger partial charge in [0.2, 0.25) is 0 Å². The van der Waals surface area contributed by atoms with Crippen LogP contribution in [-0.2, 0) is 6.67 Å². The molecule has 3 rings (SSSR count). The Hall–Kier alpha value is -1.48. The Balaban J connectivity index is 1.37. The molecule has 1 saturated heterocycles. The van der Waals surface area contributed by atoms with Gasteiger partial charge in [-0.2, -0.15) is 5.10 Å². The Labute approximate surface area is 157 Å². The average molecular weight is 381 g/mol. The van der Waals surface area contributed by atoms with E-state index in [1.54, 1.807) is 18.4 Å². The fraction of sp³-hybridized carbons (Fsp3) is 0.529. The maximum Gasteiger partial charge on any atom is 0.180 e. The molecule has 136 valence electrons. The highest BCUT2D eigenvalue weighted by atomic mass is 32.1. The van der Waals surface area contributed by atoms with Crippen LogP contribution in [0.2, 0.25) is 0 Å². The Morgan fingerprint density at radius 2 is 1.72 bits per heavy atom. The van der Waals surface area contributed by atoms with E-state index in [-0.39, 0.29) is 0 Å². The molecule has 0 radical (unpaired) electrons. The molecule has 1 aromatic heterocycles. The predicted octanol–water partition coefficient (Wildman–Crippen LogP) is 2.65. The van der Waals surface area contributed by atoms with Crippen LogP contribution in [0.15, 0.2) is 24.3 Å². The van der Waals surface area contributed by atoms with Gasteiger partial charge in [0, 0.05) is 32.7 Å². The molecule has 0 spiro atoms. The van der Waals surface area contributed by atoms with Crippen molar-refractivity contribution in [1.82, 2.24) is 19.6 Å². The minimum absolute atomic E-state index is 0.697. The molecular formula is C17H24N4O2S2. The fourth-order valence-electron chi connectivity index (χ4n) is 2.81. The highest BCUT2D eigenvalue weighted by molar-refractivity contribution is 7.73. The number of rotatable bonds is 7. The van der Waals surface area contributed by atoms with Gasteiger partial charge >= 0.3 is 0 Å². The van der Waals surface area contributed by atoms with E-state index in [4.69, 9.17) is 21.7 Å². The quantitative estimate of drug-likeness (QED) is 0.688. The van der Waals surface area contributed by atoms with Crippen LogP contribution in [0.5, 0.6) is 11.5 Å². The third-order valence-electron chi connectivity index (χ3n) is 4.24. The second-order valence-corrected chi connectivity index (χ2v) is 7.84. The maximum atomic E-state index is 5.81. The molecule has 0 amide bonds. The van der Waals surface area contributed by atoms with Gasteiger partial charge in [-0.3, -0.25) is 9.80 Å². The SMILES string of the molecule is COc1ccc(OCCN2CCN(Cn3nc(C)sc3=S)CC2)cc1. The lowest BCUT2D eigenvalue weighted by Gasteiger charge is -2.34. The third-order valence-corrected chi connectivity index (χ3v) is 5.47. The summed E-state index contributed by atoms with van der Waals surface area (Å²) in [6.07, 6.45) is 0. The Morgan fingerprint density at radius 1 is 1.08 bits per heavy atom. The van der Waals surface area contributed by atoms with Gasteiger partial charge in [0.05, 0.1) is 13.8 Å². The lowest BCUT2D eigenvalue weighted by Crippen LogP contribution is -2.47. The molecule has 1 aliphatic heterocycles. The molecule has 1 aromatic carbocycles. The summed E-state index contributed by atoms with van der Waals surface area (Å²) >= 11 is 6.92. The van der Waals surface area contributed by atoms with E-state index in [0.717, 1.165) is 59.9 Å². The van der Waals surface area contributed by atoms with Crippen molar-refractivity contribution in [2.45, 2.75) is 13.6 Å². The van der Waals surface area contributed by atoms with Crippen molar-refractivity contribution in [3.8, 4) is 11.5 Å². The molecule has 0 N–H and O–H groups in total. The number of nitrogens with zero attached hydrogens (tertiary/aromatic N) is 4. The first-order valence-corrected chi connectivity index (χ1v) is 9.62. The first-order chi connectivity index (χ1) is 12.1. The van der Waals surface area contributed by atoms with Gasteiger partial charge in [-0.1, -0.05) is 11.3 Å². The van der Waals surface area contributed by atoms with Crippen LogP contribution < -0.4 is 9.47 Å². The minimum Gasteiger partial charge on any atom is -0.497 e. The summed E-state index contributed by atoms with van der Waals surface area (Å²) in [5.41, 5.74) is 0. The lowest BCUT2D eigenvalue weighted by atomic mass is 10.3. The molecule has 2 aromatic rings. The summed E-state index contributed by atoms with van der Waals surface area (Å²) < 4.78 is 13.7. The summed E-state index contributed by atoms with van der Waals surface area (Å²) in [7, 11) is 1.67. The maximum absolute atomic E-state index is 5.81. The topological polar surface area (TPSA) is 42.8 Å². The zero-order valence-corrected chi connectivity index (χ0v) is 16.3. The second kappa shape index (κ2) is 8.75. The van der Waals surface area contributed by atoms with Crippen LogP contribution in [0, 0.1) is 10.9 Å². The van der Waals surface area contributed by atoms with Gasteiger partial charge in [0.15, 0.2) is 3.95 Å². The van der Waals surface area contributed by atoms with Crippen molar-refractivity contribution in [2.75, 3.05) is 46.4 Å². The number of aryl methyl sites for hydroxylation is 1. The van der Waals surface area contributed by atoms with Crippen molar-refractivity contribution in [3.63, 3.8) is 0 Å². The number of hydrogen-bond acceptors (Lipinski definition) is 7. The summed E-state index contributed by atoms with van der Waals surface area (Å²) in [6, 6.07) is 7.71. The van der Waals surface area contributed by atoms with Crippen LogP contribution in [0.3, 0.4) is 0 Å². The first-order valence-electron chi connectivity index (χ1n) is 8.40. The van der Waals surface area contributed by atoms with Gasteiger partial charge in [0.1, 0.15) is 23.1 Å². The number of aromatic nitrogens is 2. The van der Waals surface area contributed by atoms with Crippen LogP contribution >= 0.6 is 23.6 Å². The van der Waals surface area contributed by atoms with Crippen molar-refractivity contribution in [3.05, 3.63) is 33.2 Å². The standard InChI is InChI=1S/C17H24N4O2S2/c1-14-18-21(17(24)25-14)13-20-9-7-19(8-10-20)11-12-23-16-5-3-15(22-2)4-6-16/h3-6H,7-13H2,1-2H3. The number of methoxy groups -OCH3 is 1. The first kappa shape index (κ1) is 18.3. The fourth-order valence-corrected chi connectivity index (χ4v) is 3.86. The summed E-state index contributed by atoms with van der Waals surface area (Å²) in [4.78, 5) is 4.83. The average Bonchev–Trinajstić information content (AvgIpc) is 2.94. The largest absolute Gasteiger partial charge is 0.497 e. The van der Waals surface area contributed by atoms with Crippen LogP contribution in [0.25, 0.3) is 0 Å². The van der Waals surface area contributed by atoms with Crippen LogP contribution in [0.4, 0.5) is 0 Å². The highest BCUT2D eigenvalue weighted by Crippen LogP contribution is 2.17. The van der Waals surface area contributed by atoms with Gasteiger partial charge in [-0.25, -0.2) is 4.68 Å². The number of benzene rings is 1. The summed E-state index contributed by atoms with van der Waals surface area (Å²) in [5, 5.41) is 5.49. The van der Waals surface area contributed by atoms with Crippen LogP contribution in [0.1, 0.15) is 5.01 Å². The van der Waals surface area contributed by atoms with Gasteiger partial charge < -0.3 is 9.47 Å². The molecule has 1 aliphatic rings. The number of hydrogen-bond donors (Lipinski definition) is 0. The van der Waals surface area contributed by atoms with E-state index in [0.29, 0.717) is 6.61 Å². The molecule has 2 heterocycles. The van der Waals surface area contributed by atoms with Crippen molar-refractivity contribution >= 4 is 23.6 Å². The van der Waals surface area contributed by atoms with Crippen molar-refractivity contribution in [2.24, 2.45) is 0 Å². The normalized spacial score (nSPS) is 16.1. The summed E-state index contributed by atoms with van der Waals surface area (Å²) in [6.45, 7) is 8.57. The zero-order chi connectivity index (χ0) is 17.6. The smallest absolute Gasteiger partial charge is 0.180 e. The van der Waals surface area contributed by atoms with E-state index >= 15 is 0 Å². The Kier molecular flexibility index (Phi) is 6.41. The van der Waals surface area contributed by atoms with E-state index in [1.807, 2.05) is 35.9 Å². The lowest BCUT2D eigenvalue weighted by molar-refractivity contribution is 0.0923. The van der Waals surface area contributed by atoms with Crippen molar-refractivity contribution in [1.29, 1.82) is 0 Å². The van der Waals surface area contributed by atoms with E-state index < -0.39 is 0 Å².